The Morgan fingerprint density at radius 1 is 1.15 bits per heavy atom. The topological polar surface area (TPSA) is 104 Å². The summed E-state index contributed by atoms with van der Waals surface area (Å²) < 4.78 is 40.3. The van der Waals surface area contributed by atoms with Gasteiger partial charge in [0.05, 0.1) is 16.5 Å². The van der Waals surface area contributed by atoms with Crippen LogP contribution in [0, 0.1) is 0 Å². The molecule has 0 radical (unpaired) electrons. The normalized spacial score (nSPS) is 12.2. The van der Waals surface area contributed by atoms with Crippen LogP contribution in [0.4, 0.5) is 5.13 Å². The average molecular weight is 511 g/mol. The van der Waals surface area contributed by atoms with Gasteiger partial charge in [-0.15, -0.1) is 22.9 Å². The molecule has 0 bridgehead atoms. The molecule has 1 unspecified atom stereocenters. The van der Waals surface area contributed by atoms with Crippen LogP contribution < -0.4 is 14.8 Å². The van der Waals surface area contributed by atoms with E-state index in [1.165, 1.54) is 42.7 Å². The fourth-order valence-corrected chi connectivity index (χ4v) is 4.33. The number of alkyl halides is 1. The number of sulfone groups is 1. The Morgan fingerprint density at radius 3 is 2.42 bits per heavy atom. The Labute approximate surface area is 201 Å². The molecule has 3 rings (SSSR count). The third-order valence-corrected chi connectivity index (χ3v) is 6.61. The number of carbonyl (C=O) groups is 1. The zero-order valence-corrected chi connectivity index (χ0v) is 20.6. The summed E-state index contributed by atoms with van der Waals surface area (Å²) in [6.45, 7) is 1.91. The molecular formula is C22H23ClN2O6S2. The molecule has 1 N–H and O–H groups in total. The molecule has 33 heavy (non-hydrogen) atoms. The van der Waals surface area contributed by atoms with Crippen molar-refractivity contribution in [2.75, 3.05) is 18.7 Å². The Bertz CT molecular complexity index is 1210. The Morgan fingerprint density at radius 2 is 1.85 bits per heavy atom. The third kappa shape index (κ3) is 6.91. The molecule has 0 spiro atoms. The number of hydrogen-bond acceptors (Lipinski definition) is 8. The lowest BCUT2D eigenvalue weighted by molar-refractivity contribution is -0.0549. The number of benzene rings is 2. The van der Waals surface area contributed by atoms with Gasteiger partial charge in [0.1, 0.15) is 17.2 Å². The summed E-state index contributed by atoms with van der Waals surface area (Å²) in [5, 5.41) is 4.92. The largest absolute Gasteiger partial charge is 0.465 e. The number of thiazole rings is 1. The standard InChI is InChI=1S/C22H23ClN2O6S2/c1-4-20(29-2)31-18-10-14(21(26)25-22-24-15(12-23)13-32-22)9-17(11-18)30-16-5-7-19(8-6-16)33(3,27)28/h5-11,13,20H,4,12H2,1-3H3,(H,24,25,26). The van der Waals surface area contributed by atoms with E-state index in [2.05, 4.69) is 10.3 Å². The molecule has 1 atom stereocenters. The maximum Gasteiger partial charge on any atom is 0.257 e. The number of anilines is 1. The van der Waals surface area contributed by atoms with Crippen molar-refractivity contribution in [3.05, 3.63) is 59.1 Å². The summed E-state index contributed by atoms with van der Waals surface area (Å²) >= 11 is 7.05. The summed E-state index contributed by atoms with van der Waals surface area (Å²) in [4.78, 5) is 17.3. The molecule has 1 heterocycles. The van der Waals surface area contributed by atoms with Crippen LogP contribution in [-0.2, 0) is 20.5 Å². The first-order valence-corrected chi connectivity index (χ1v) is 13.2. The minimum absolute atomic E-state index is 0.178. The zero-order chi connectivity index (χ0) is 24.0. The van der Waals surface area contributed by atoms with Crippen LogP contribution in [0.15, 0.2) is 52.7 Å². The van der Waals surface area contributed by atoms with Crippen molar-refractivity contribution in [1.29, 1.82) is 0 Å². The minimum atomic E-state index is -3.32. The van der Waals surface area contributed by atoms with Gasteiger partial charge in [0, 0.05) is 36.8 Å². The number of amides is 1. The van der Waals surface area contributed by atoms with E-state index in [9.17, 15) is 13.2 Å². The SMILES string of the molecule is CCC(OC)Oc1cc(Oc2ccc(S(C)(=O)=O)cc2)cc(C(=O)Nc2nc(CCl)cs2)c1. The molecule has 1 aromatic heterocycles. The number of nitrogens with zero attached hydrogens (tertiary/aromatic N) is 1. The first-order valence-electron chi connectivity index (χ1n) is 9.86. The second kappa shape index (κ2) is 11.0. The summed E-state index contributed by atoms with van der Waals surface area (Å²) in [6.07, 6.45) is 1.22. The molecule has 3 aromatic rings. The van der Waals surface area contributed by atoms with Crippen molar-refractivity contribution in [3.8, 4) is 17.2 Å². The second-order valence-electron chi connectivity index (χ2n) is 6.96. The van der Waals surface area contributed by atoms with Gasteiger partial charge < -0.3 is 14.2 Å². The predicted octanol–water partition coefficient (Wildman–Crippen LogP) is 5.09. The van der Waals surface area contributed by atoms with Gasteiger partial charge >= 0.3 is 0 Å². The molecule has 0 fully saturated rings. The lowest BCUT2D eigenvalue weighted by atomic mass is 10.2. The van der Waals surface area contributed by atoms with E-state index in [4.69, 9.17) is 25.8 Å². The van der Waals surface area contributed by atoms with Crippen molar-refractivity contribution in [3.63, 3.8) is 0 Å². The van der Waals surface area contributed by atoms with E-state index < -0.39 is 22.0 Å². The van der Waals surface area contributed by atoms with Gasteiger partial charge in [0.2, 0.25) is 0 Å². The van der Waals surface area contributed by atoms with E-state index in [-0.39, 0.29) is 16.3 Å². The number of aromatic nitrogens is 1. The van der Waals surface area contributed by atoms with Crippen LogP contribution in [0.5, 0.6) is 17.2 Å². The molecular weight excluding hydrogens is 488 g/mol. The maximum atomic E-state index is 12.9. The van der Waals surface area contributed by atoms with Gasteiger partial charge in [0.25, 0.3) is 5.91 Å². The Balaban J connectivity index is 1.88. The third-order valence-electron chi connectivity index (χ3n) is 4.40. The highest BCUT2D eigenvalue weighted by Gasteiger charge is 2.16. The zero-order valence-electron chi connectivity index (χ0n) is 18.2. The van der Waals surface area contributed by atoms with E-state index in [1.54, 1.807) is 23.6 Å². The number of ether oxygens (including phenoxy) is 3. The van der Waals surface area contributed by atoms with Gasteiger partial charge in [-0.1, -0.05) is 6.92 Å². The fraction of sp³-hybridized carbons (Fsp3) is 0.273. The van der Waals surface area contributed by atoms with Crippen molar-refractivity contribution in [2.45, 2.75) is 30.4 Å². The maximum absolute atomic E-state index is 12.9. The van der Waals surface area contributed by atoms with Gasteiger partial charge in [-0.25, -0.2) is 13.4 Å². The summed E-state index contributed by atoms with van der Waals surface area (Å²) in [6, 6.07) is 10.7. The smallest absolute Gasteiger partial charge is 0.257 e. The highest BCUT2D eigenvalue weighted by molar-refractivity contribution is 7.90. The second-order valence-corrected chi connectivity index (χ2v) is 10.1. The van der Waals surface area contributed by atoms with Gasteiger partial charge in [-0.3, -0.25) is 10.1 Å². The number of carbonyl (C=O) groups excluding carboxylic acids is 1. The average Bonchev–Trinajstić information content (AvgIpc) is 3.24. The van der Waals surface area contributed by atoms with Crippen molar-refractivity contribution < 1.29 is 27.4 Å². The fourth-order valence-electron chi connectivity index (χ4n) is 2.77. The van der Waals surface area contributed by atoms with Crippen LogP contribution in [-0.4, -0.2) is 39.0 Å². The molecule has 0 aliphatic carbocycles. The van der Waals surface area contributed by atoms with Crippen LogP contribution >= 0.6 is 22.9 Å². The Hall–Kier alpha value is -2.66. The van der Waals surface area contributed by atoms with Crippen molar-refractivity contribution >= 4 is 43.8 Å². The predicted molar refractivity (Wildman–Crippen MR) is 127 cm³/mol. The first kappa shape index (κ1) is 25.0. The van der Waals surface area contributed by atoms with E-state index in [0.717, 1.165) is 6.26 Å². The number of methoxy groups -OCH3 is 1. The quantitative estimate of drug-likeness (QED) is 0.299. The van der Waals surface area contributed by atoms with Gasteiger partial charge in [-0.2, -0.15) is 0 Å². The van der Waals surface area contributed by atoms with E-state index in [1.807, 2.05) is 6.92 Å². The molecule has 0 aliphatic rings. The van der Waals surface area contributed by atoms with Crippen LogP contribution in [0.25, 0.3) is 0 Å². The summed E-state index contributed by atoms with van der Waals surface area (Å²) in [5.41, 5.74) is 0.949. The lowest BCUT2D eigenvalue weighted by Gasteiger charge is -2.17. The van der Waals surface area contributed by atoms with Crippen molar-refractivity contribution in [1.82, 2.24) is 4.98 Å². The summed E-state index contributed by atoms with van der Waals surface area (Å²) in [7, 11) is -1.79. The van der Waals surface area contributed by atoms with Gasteiger partial charge in [-0.05, 0) is 36.4 Å². The van der Waals surface area contributed by atoms with E-state index >= 15 is 0 Å². The highest BCUT2D eigenvalue weighted by atomic mass is 35.5. The molecule has 0 aliphatic heterocycles. The molecule has 0 saturated carbocycles. The molecule has 0 saturated heterocycles. The monoisotopic (exact) mass is 510 g/mol. The van der Waals surface area contributed by atoms with Crippen LogP contribution in [0.1, 0.15) is 29.4 Å². The molecule has 11 heteroatoms. The number of rotatable bonds is 10. The lowest BCUT2D eigenvalue weighted by Crippen LogP contribution is -2.18. The summed E-state index contributed by atoms with van der Waals surface area (Å²) in [5.74, 6) is 0.951. The Kier molecular flexibility index (Phi) is 8.30. The van der Waals surface area contributed by atoms with Crippen LogP contribution in [0.2, 0.25) is 0 Å². The first-order chi connectivity index (χ1) is 15.7. The number of hydrogen-bond donors (Lipinski definition) is 1. The van der Waals surface area contributed by atoms with Gasteiger partial charge in [0.15, 0.2) is 21.3 Å². The minimum Gasteiger partial charge on any atom is -0.465 e. The molecule has 1 amide bonds. The van der Waals surface area contributed by atoms with Crippen LogP contribution in [0.3, 0.4) is 0 Å². The number of halogens is 1. The molecule has 176 valence electrons. The highest BCUT2D eigenvalue weighted by Crippen LogP contribution is 2.30. The number of nitrogens with one attached hydrogen (secondary N) is 1. The molecule has 2 aromatic carbocycles. The van der Waals surface area contributed by atoms with E-state index in [0.29, 0.717) is 34.5 Å². The van der Waals surface area contributed by atoms with Crippen molar-refractivity contribution in [2.24, 2.45) is 0 Å². The molecule has 8 nitrogen and oxygen atoms in total.